The molecule has 0 spiro atoms. The molecule has 0 fully saturated rings. The van der Waals surface area contributed by atoms with Crippen molar-refractivity contribution in [1.82, 2.24) is 9.97 Å². The molecule has 0 saturated heterocycles. The molecule has 2 aromatic carbocycles. The molecular weight excluding hydrogens is 414 g/mol. The first-order chi connectivity index (χ1) is 16.1. The smallest absolute Gasteiger partial charge is 0.148 e. The summed E-state index contributed by atoms with van der Waals surface area (Å²) in [6.07, 6.45) is 2.49. The van der Waals surface area contributed by atoms with Crippen LogP contribution in [0.5, 0.6) is 11.5 Å². The van der Waals surface area contributed by atoms with E-state index in [1.165, 1.54) is 11.1 Å². The van der Waals surface area contributed by atoms with Gasteiger partial charge < -0.3 is 19.5 Å². The molecule has 174 valence electrons. The molecule has 1 aliphatic rings. The lowest BCUT2D eigenvalue weighted by molar-refractivity contribution is 0.0573. The molecule has 0 unspecified atom stereocenters. The van der Waals surface area contributed by atoms with Gasteiger partial charge in [-0.3, -0.25) is 0 Å². The number of benzene rings is 2. The summed E-state index contributed by atoms with van der Waals surface area (Å²) >= 11 is 0. The highest BCUT2D eigenvalue weighted by molar-refractivity contribution is 5.71. The van der Waals surface area contributed by atoms with Crippen LogP contribution in [-0.4, -0.2) is 36.9 Å². The summed E-state index contributed by atoms with van der Waals surface area (Å²) < 4.78 is 17.1. The Labute approximate surface area is 196 Å². The number of methoxy groups -OCH3 is 2. The second-order valence-corrected chi connectivity index (χ2v) is 8.11. The fourth-order valence-corrected chi connectivity index (χ4v) is 4.57. The molecule has 4 rings (SSSR count). The van der Waals surface area contributed by atoms with E-state index in [9.17, 15) is 0 Å². The number of nitrogens with zero attached hydrogens (tertiary/aromatic N) is 2. The molecule has 2 atom stereocenters. The molecule has 0 aliphatic heterocycles. The van der Waals surface area contributed by atoms with E-state index in [1.807, 2.05) is 25.1 Å². The third-order valence-electron chi connectivity index (χ3n) is 6.23. The molecule has 0 bridgehead atoms. The number of ether oxygens (including phenoxy) is 3. The van der Waals surface area contributed by atoms with E-state index in [0.717, 1.165) is 59.2 Å². The van der Waals surface area contributed by atoms with Gasteiger partial charge >= 0.3 is 0 Å². The van der Waals surface area contributed by atoms with Gasteiger partial charge in [-0.1, -0.05) is 38.1 Å². The molecule has 3 aromatic rings. The highest BCUT2D eigenvalue weighted by Crippen LogP contribution is 2.38. The van der Waals surface area contributed by atoms with Gasteiger partial charge in [-0.15, -0.1) is 0 Å². The SMILES string of the molecule is CCO[C@H]1Cc2ccccc2[C@H]1Nc1nc(CC)c(-c2ccc(OC)cc2OC)nc1CC. The Balaban J connectivity index is 1.75. The Morgan fingerprint density at radius 3 is 2.42 bits per heavy atom. The van der Waals surface area contributed by atoms with Crippen LogP contribution in [0.25, 0.3) is 11.3 Å². The van der Waals surface area contributed by atoms with Gasteiger partial charge in [0.25, 0.3) is 0 Å². The van der Waals surface area contributed by atoms with E-state index in [2.05, 4.69) is 43.4 Å². The predicted molar refractivity (Wildman–Crippen MR) is 131 cm³/mol. The molecule has 0 saturated carbocycles. The van der Waals surface area contributed by atoms with Crippen molar-refractivity contribution in [1.29, 1.82) is 0 Å². The van der Waals surface area contributed by atoms with E-state index < -0.39 is 0 Å². The van der Waals surface area contributed by atoms with Crippen LogP contribution in [0.3, 0.4) is 0 Å². The number of rotatable bonds is 9. The number of anilines is 1. The van der Waals surface area contributed by atoms with E-state index in [4.69, 9.17) is 24.2 Å². The van der Waals surface area contributed by atoms with Gasteiger partial charge in [0.2, 0.25) is 0 Å². The maximum atomic E-state index is 6.11. The van der Waals surface area contributed by atoms with Crippen molar-refractivity contribution >= 4 is 5.82 Å². The van der Waals surface area contributed by atoms with Crippen LogP contribution in [0, 0.1) is 0 Å². The monoisotopic (exact) mass is 447 g/mol. The summed E-state index contributed by atoms with van der Waals surface area (Å²) in [5, 5.41) is 3.70. The first kappa shape index (κ1) is 23.1. The number of hydrogen-bond acceptors (Lipinski definition) is 6. The van der Waals surface area contributed by atoms with Crippen molar-refractivity contribution in [2.24, 2.45) is 0 Å². The second-order valence-electron chi connectivity index (χ2n) is 8.11. The molecule has 0 amide bonds. The first-order valence-corrected chi connectivity index (χ1v) is 11.7. The van der Waals surface area contributed by atoms with Crippen LogP contribution in [0.15, 0.2) is 42.5 Å². The summed E-state index contributed by atoms with van der Waals surface area (Å²) in [5.41, 5.74) is 6.24. The summed E-state index contributed by atoms with van der Waals surface area (Å²) in [4.78, 5) is 10.2. The third kappa shape index (κ3) is 4.53. The van der Waals surface area contributed by atoms with Crippen molar-refractivity contribution in [3.8, 4) is 22.8 Å². The minimum atomic E-state index is 0.0480. The van der Waals surface area contributed by atoms with Crippen molar-refractivity contribution in [2.75, 3.05) is 26.1 Å². The Bertz CT molecular complexity index is 1120. The van der Waals surface area contributed by atoms with Gasteiger partial charge in [0, 0.05) is 24.7 Å². The fraction of sp³-hybridized carbons (Fsp3) is 0.407. The van der Waals surface area contributed by atoms with Crippen molar-refractivity contribution < 1.29 is 14.2 Å². The van der Waals surface area contributed by atoms with Gasteiger partial charge in [-0.2, -0.15) is 0 Å². The first-order valence-electron chi connectivity index (χ1n) is 11.7. The Morgan fingerprint density at radius 1 is 0.939 bits per heavy atom. The van der Waals surface area contributed by atoms with Gasteiger partial charge in [-0.25, -0.2) is 9.97 Å². The zero-order chi connectivity index (χ0) is 23.4. The third-order valence-corrected chi connectivity index (χ3v) is 6.23. The molecule has 6 nitrogen and oxygen atoms in total. The maximum Gasteiger partial charge on any atom is 0.148 e. The summed E-state index contributed by atoms with van der Waals surface area (Å²) in [7, 11) is 3.32. The molecule has 1 aromatic heterocycles. The standard InChI is InChI=1S/C27H33N3O3/c1-6-21-25(20-14-13-18(31-4)16-23(20)32-5)28-22(7-2)27(29-21)30-26-19-12-10-9-11-17(19)15-24(26)33-8-3/h9-14,16,24,26H,6-8,15H2,1-5H3,(H,29,30)/t24-,26+/m0/s1. The van der Waals surface area contributed by atoms with Crippen LogP contribution in [0.4, 0.5) is 5.82 Å². The van der Waals surface area contributed by atoms with E-state index in [0.29, 0.717) is 6.61 Å². The van der Waals surface area contributed by atoms with E-state index in [1.54, 1.807) is 14.2 Å². The predicted octanol–water partition coefficient (Wildman–Crippen LogP) is 5.40. The minimum absolute atomic E-state index is 0.0480. The highest BCUT2D eigenvalue weighted by Gasteiger charge is 2.33. The average molecular weight is 448 g/mol. The second kappa shape index (κ2) is 10.2. The number of hydrogen-bond donors (Lipinski definition) is 1. The summed E-state index contributed by atoms with van der Waals surface area (Å²) in [6.45, 7) is 6.94. The zero-order valence-electron chi connectivity index (χ0n) is 20.1. The van der Waals surface area contributed by atoms with E-state index in [-0.39, 0.29) is 12.1 Å². The summed E-state index contributed by atoms with van der Waals surface area (Å²) in [6, 6.07) is 14.4. The van der Waals surface area contributed by atoms with Crippen LogP contribution in [0.2, 0.25) is 0 Å². The quantitative estimate of drug-likeness (QED) is 0.474. The summed E-state index contributed by atoms with van der Waals surface area (Å²) in [5.74, 6) is 2.30. The Kier molecular flexibility index (Phi) is 7.14. The van der Waals surface area contributed by atoms with Crippen LogP contribution in [-0.2, 0) is 24.0 Å². The maximum absolute atomic E-state index is 6.11. The molecular formula is C27H33N3O3. The van der Waals surface area contributed by atoms with Crippen molar-refractivity contribution in [2.45, 2.75) is 52.2 Å². The van der Waals surface area contributed by atoms with Gasteiger partial charge in [0.15, 0.2) is 0 Å². The lowest BCUT2D eigenvalue weighted by Crippen LogP contribution is -2.26. The minimum Gasteiger partial charge on any atom is -0.497 e. The Morgan fingerprint density at radius 2 is 1.73 bits per heavy atom. The number of nitrogens with one attached hydrogen (secondary N) is 1. The fourth-order valence-electron chi connectivity index (χ4n) is 4.57. The normalized spacial score (nSPS) is 17.0. The number of fused-ring (bicyclic) bond motifs is 1. The Hall–Kier alpha value is -3.12. The van der Waals surface area contributed by atoms with Crippen LogP contribution in [0.1, 0.15) is 49.3 Å². The zero-order valence-corrected chi connectivity index (χ0v) is 20.1. The molecule has 1 heterocycles. The molecule has 0 radical (unpaired) electrons. The largest absolute Gasteiger partial charge is 0.497 e. The average Bonchev–Trinajstić information content (AvgIpc) is 3.20. The van der Waals surface area contributed by atoms with Gasteiger partial charge in [0.1, 0.15) is 17.3 Å². The number of aryl methyl sites for hydroxylation is 2. The highest BCUT2D eigenvalue weighted by atomic mass is 16.5. The molecule has 33 heavy (non-hydrogen) atoms. The van der Waals surface area contributed by atoms with Crippen LogP contribution >= 0.6 is 0 Å². The number of aromatic nitrogens is 2. The molecule has 6 heteroatoms. The van der Waals surface area contributed by atoms with Crippen LogP contribution < -0.4 is 14.8 Å². The van der Waals surface area contributed by atoms with E-state index >= 15 is 0 Å². The molecule has 1 N–H and O–H groups in total. The topological polar surface area (TPSA) is 65.5 Å². The molecule has 1 aliphatic carbocycles. The van der Waals surface area contributed by atoms with Crippen molar-refractivity contribution in [3.05, 3.63) is 65.0 Å². The lowest BCUT2D eigenvalue weighted by Gasteiger charge is -2.24. The lowest BCUT2D eigenvalue weighted by atomic mass is 10.1. The van der Waals surface area contributed by atoms with Crippen molar-refractivity contribution in [3.63, 3.8) is 0 Å². The van der Waals surface area contributed by atoms with Gasteiger partial charge in [-0.05, 0) is 43.0 Å². The van der Waals surface area contributed by atoms with Gasteiger partial charge in [0.05, 0.1) is 43.4 Å².